The molecule has 0 saturated carbocycles. The molecule has 3 N–H and O–H groups in total. The van der Waals surface area contributed by atoms with Gasteiger partial charge in [-0.1, -0.05) is 0 Å². The fourth-order valence-electron chi connectivity index (χ4n) is 1.19. The number of anilines is 1. The minimum absolute atomic E-state index is 0.154. The number of carbonyl (C=O) groups is 2. The second-order valence-corrected chi connectivity index (χ2v) is 4.70. The Kier molecular flexibility index (Phi) is 4.92. The number of aromatic carboxylic acids is 1. The lowest BCUT2D eigenvalue weighted by Gasteiger charge is -2.18. The molecule has 0 fully saturated rings. The molecule has 0 aliphatic heterocycles. The van der Waals surface area contributed by atoms with E-state index in [0.29, 0.717) is 0 Å². The van der Waals surface area contributed by atoms with Crippen molar-refractivity contribution in [3.63, 3.8) is 0 Å². The first-order valence-electron chi connectivity index (χ1n) is 5.71. The van der Waals surface area contributed by atoms with Gasteiger partial charge >= 0.3 is 12.1 Å². The predicted octanol–water partition coefficient (Wildman–Crippen LogP) is 1.09. The Morgan fingerprint density at radius 2 is 2.05 bits per heavy atom. The van der Waals surface area contributed by atoms with Gasteiger partial charge in [0.1, 0.15) is 12.2 Å². The van der Waals surface area contributed by atoms with Crippen LogP contribution in [0.15, 0.2) is 4.52 Å². The van der Waals surface area contributed by atoms with Crippen molar-refractivity contribution in [1.29, 1.82) is 0 Å². The highest BCUT2D eigenvalue weighted by atomic mass is 16.6. The van der Waals surface area contributed by atoms with Crippen LogP contribution < -0.4 is 10.1 Å². The van der Waals surface area contributed by atoms with Gasteiger partial charge in [-0.3, -0.25) is 5.32 Å². The second-order valence-electron chi connectivity index (χ2n) is 4.70. The van der Waals surface area contributed by atoms with Gasteiger partial charge in [-0.15, -0.1) is 0 Å². The molecule has 0 bridgehead atoms. The van der Waals surface area contributed by atoms with E-state index in [0.717, 1.165) is 0 Å². The molecule has 0 spiro atoms. The smallest absolute Gasteiger partial charge is 0.414 e. The van der Waals surface area contributed by atoms with Gasteiger partial charge in [0.25, 0.3) is 11.8 Å². The van der Waals surface area contributed by atoms with Crippen molar-refractivity contribution >= 4 is 17.9 Å². The van der Waals surface area contributed by atoms with Gasteiger partial charge in [-0.05, 0) is 25.9 Å². The third-order valence-electron chi connectivity index (χ3n) is 1.82. The molecule has 1 aromatic rings. The molecule has 0 saturated heterocycles. The Labute approximate surface area is 114 Å². The summed E-state index contributed by atoms with van der Waals surface area (Å²) in [6.07, 6.45) is -0.884. The number of amides is 1. The predicted molar refractivity (Wildman–Crippen MR) is 65.9 cm³/mol. The lowest BCUT2D eigenvalue weighted by molar-refractivity contribution is 0.0631. The van der Waals surface area contributed by atoms with Crippen molar-refractivity contribution in [2.24, 2.45) is 0 Å². The fraction of sp³-hybridized carbons (Fsp3) is 0.545. The lowest BCUT2D eigenvalue weighted by atomic mass is 10.2. The Morgan fingerprint density at radius 3 is 2.55 bits per heavy atom. The summed E-state index contributed by atoms with van der Waals surface area (Å²) >= 11 is 0. The molecule has 1 rings (SSSR count). The molecular formula is C11H16N2O7. The number of hydrogen-bond donors (Lipinski definition) is 3. The molecule has 0 aliphatic rings. The van der Waals surface area contributed by atoms with Crippen LogP contribution in [0.3, 0.4) is 0 Å². The number of carboxylic acids is 1. The highest BCUT2D eigenvalue weighted by molar-refractivity contribution is 5.98. The zero-order valence-corrected chi connectivity index (χ0v) is 11.3. The number of aromatic nitrogens is 1. The first-order valence-corrected chi connectivity index (χ1v) is 5.71. The summed E-state index contributed by atoms with van der Waals surface area (Å²) in [6.45, 7) is 4.49. The van der Waals surface area contributed by atoms with E-state index in [2.05, 4.69) is 15.0 Å². The number of ether oxygens (including phenoxy) is 2. The number of nitrogens with one attached hydrogen (secondary N) is 1. The highest BCUT2D eigenvalue weighted by Gasteiger charge is 2.27. The lowest BCUT2D eigenvalue weighted by Crippen LogP contribution is -2.27. The topological polar surface area (TPSA) is 131 Å². The maximum Gasteiger partial charge on any atom is 0.414 e. The van der Waals surface area contributed by atoms with E-state index in [1.54, 1.807) is 20.8 Å². The molecule has 9 nitrogen and oxygen atoms in total. The molecule has 0 unspecified atom stereocenters. The second kappa shape index (κ2) is 6.24. The zero-order chi connectivity index (χ0) is 15.3. The van der Waals surface area contributed by atoms with Crippen molar-refractivity contribution in [2.75, 3.05) is 18.5 Å². The van der Waals surface area contributed by atoms with E-state index in [1.165, 1.54) is 0 Å². The molecule has 1 aromatic heterocycles. The van der Waals surface area contributed by atoms with Crippen LogP contribution in [-0.2, 0) is 4.74 Å². The summed E-state index contributed by atoms with van der Waals surface area (Å²) in [6, 6.07) is 0. The Morgan fingerprint density at radius 1 is 1.40 bits per heavy atom. The van der Waals surface area contributed by atoms with Crippen LogP contribution in [0.5, 0.6) is 5.88 Å². The summed E-state index contributed by atoms with van der Waals surface area (Å²) in [5.74, 6) is -2.14. The van der Waals surface area contributed by atoms with E-state index in [-0.39, 0.29) is 19.1 Å². The molecule has 112 valence electrons. The fourth-order valence-corrected chi connectivity index (χ4v) is 1.19. The summed E-state index contributed by atoms with van der Waals surface area (Å²) in [5, 5.41) is 23.2. The molecule has 0 radical (unpaired) electrons. The molecule has 1 amide bonds. The highest BCUT2D eigenvalue weighted by Crippen LogP contribution is 2.26. The number of hydrogen-bond acceptors (Lipinski definition) is 7. The number of aliphatic hydroxyl groups is 1. The first-order chi connectivity index (χ1) is 9.24. The molecule has 0 aliphatic carbocycles. The van der Waals surface area contributed by atoms with Crippen LogP contribution in [-0.4, -0.2) is 46.2 Å². The van der Waals surface area contributed by atoms with Crippen molar-refractivity contribution in [1.82, 2.24) is 5.16 Å². The summed E-state index contributed by atoms with van der Waals surface area (Å²) in [7, 11) is 0. The van der Waals surface area contributed by atoms with E-state index >= 15 is 0 Å². The van der Waals surface area contributed by atoms with Gasteiger partial charge in [-0.25, -0.2) is 9.59 Å². The third-order valence-corrected chi connectivity index (χ3v) is 1.82. The SMILES string of the molecule is CC(C)(C)OC(=O)Nc1onc(OCCO)c1C(=O)O. The van der Waals surface area contributed by atoms with Crippen LogP contribution in [0.25, 0.3) is 0 Å². The number of carboxylic acid groups (broad SMARTS) is 1. The Hall–Kier alpha value is -2.29. The number of carbonyl (C=O) groups excluding carboxylic acids is 1. The minimum Gasteiger partial charge on any atom is -0.477 e. The summed E-state index contributed by atoms with van der Waals surface area (Å²) in [5.41, 5.74) is -1.20. The van der Waals surface area contributed by atoms with Gasteiger partial charge in [0.2, 0.25) is 0 Å². The molecule has 0 aromatic carbocycles. The zero-order valence-electron chi connectivity index (χ0n) is 11.3. The van der Waals surface area contributed by atoms with Crippen molar-refractivity contribution in [3.05, 3.63) is 5.56 Å². The largest absolute Gasteiger partial charge is 0.477 e. The van der Waals surface area contributed by atoms with Crippen LogP contribution >= 0.6 is 0 Å². The standard InChI is InChI=1S/C11H16N2O7/c1-11(2,3)19-10(17)12-7-6(9(15)16)8(13-20-7)18-5-4-14/h14H,4-5H2,1-3H3,(H,12,17)(H,15,16). The average molecular weight is 288 g/mol. The van der Waals surface area contributed by atoms with Crippen LogP contribution in [0.1, 0.15) is 31.1 Å². The summed E-state index contributed by atoms with van der Waals surface area (Å²) < 4.78 is 14.5. The van der Waals surface area contributed by atoms with Gasteiger partial charge in [0.15, 0.2) is 5.56 Å². The third kappa shape index (κ3) is 4.43. The molecule has 1 heterocycles. The Bertz CT molecular complexity index is 489. The maximum atomic E-state index is 11.5. The molecule has 9 heteroatoms. The number of rotatable bonds is 5. The quantitative estimate of drug-likeness (QED) is 0.733. The number of aliphatic hydroxyl groups excluding tert-OH is 1. The van der Waals surface area contributed by atoms with Crippen LogP contribution in [0.2, 0.25) is 0 Å². The first kappa shape index (κ1) is 15.8. The Balaban J connectivity index is 2.87. The normalized spacial score (nSPS) is 11.0. The monoisotopic (exact) mass is 288 g/mol. The van der Waals surface area contributed by atoms with E-state index in [9.17, 15) is 9.59 Å². The van der Waals surface area contributed by atoms with Crippen molar-refractivity contribution < 1.29 is 33.8 Å². The number of nitrogens with zero attached hydrogens (tertiary/aromatic N) is 1. The van der Waals surface area contributed by atoms with Crippen LogP contribution in [0.4, 0.5) is 10.7 Å². The van der Waals surface area contributed by atoms with Gasteiger partial charge in [0, 0.05) is 0 Å². The molecule has 0 atom stereocenters. The summed E-state index contributed by atoms with van der Waals surface area (Å²) in [4.78, 5) is 22.6. The van der Waals surface area contributed by atoms with E-state index in [1.807, 2.05) is 0 Å². The van der Waals surface area contributed by atoms with Gasteiger partial charge < -0.3 is 24.2 Å². The maximum absolute atomic E-state index is 11.5. The van der Waals surface area contributed by atoms with Crippen molar-refractivity contribution in [2.45, 2.75) is 26.4 Å². The van der Waals surface area contributed by atoms with E-state index in [4.69, 9.17) is 19.7 Å². The van der Waals surface area contributed by atoms with Crippen molar-refractivity contribution in [3.8, 4) is 5.88 Å². The molecular weight excluding hydrogens is 272 g/mol. The van der Waals surface area contributed by atoms with E-state index < -0.39 is 29.1 Å². The van der Waals surface area contributed by atoms with Gasteiger partial charge in [0.05, 0.1) is 6.61 Å². The van der Waals surface area contributed by atoms with Crippen LogP contribution in [0, 0.1) is 0 Å². The minimum atomic E-state index is -1.40. The average Bonchev–Trinajstić information content (AvgIpc) is 2.66. The van der Waals surface area contributed by atoms with Gasteiger partial charge in [-0.2, -0.15) is 0 Å². The molecule has 20 heavy (non-hydrogen) atoms.